The molecule has 0 radical (unpaired) electrons. The highest BCUT2D eigenvalue weighted by atomic mass is 16.7. The lowest BCUT2D eigenvalue weighted by atomic mass is 10.1. The molecule has 2 N–H and O–H groups in total. The SMILES string of the molecule is CC(C)O[C@H]1CO[C@H]2[C@@H]1OC[C@H]2OC(=O)NCCC(=O)O[C@@H]1CO[C@H]2[C@@H]1OC[C@@H]2OC(=O)CCNC(=O)C(C)C. The summed E-state index contributed by atoms with van der Waals surface area (Å²) in [6, 6.07) is 0. The number of carbonyl (C=O) groups excluding carboxylic acids is 4. The molecule has 4 heterocycles. The fourth-order valence-corrected chi connectivity index (χ4v) is 5.02. The molecule has 0 saturated carbocycles. The third-order valence-corrected chi connectivity index (χ3v) is 6.95. The van der Waals surface area contributed by atoms with Crippen LogP contribution in [0.15, 0.2) is 0 Å². The lowest BCUT2D eigenvalue weighted by Gasteiger charge is -2.19. The zero-order valence-corrected chi connectivity index (χ0v) is 23.3. The van der Waals surface area contributed by atoms with Gasteiger partial charge in [0.1, 0.15) is 30.5 Å². The van der Waals surface area contributed by atoms with Gasteiger partial charge >= 0.3 is 18.0 Å². The molecule has 4 saturated heterocycles. The minimum Gasteiger partial charge on any atom is -0.457 e. The molecule has 0 aromatic heterocycles. The Hall–Kier alpha value is -2.52. The maximum Gasteiger partial charge on any atom is 0.407 e. The average molecular weight is 573 g/mol. The summed E-state index contributed by atoms with van der Waals surface area (Å²) < 4.78 is 45.0. The van der Waals surface area contributed by atoms with Gasteiger partial charge in [-0.1, -0.05) is 13.8 Å². The zero-order chi connectivity index (χ0) is 28.8. The van der Waals surface area contributed by atoms with E-state index in [9.17, 15) is 19.2 Å². The van der Waals surface area contributed by atoms with Gasteiger partial charge in [0.15, 0.2) is 18.3 Å². The standard InChI is InChI=1S/C26H40N2O12/c1-13(2)25(31)27-7-5-19(29)38-16-10-34-23-17(11-35-22(16)23)39-20(30)6-8-28-26(32)40-18-12-36-21-15(37-14(3)4)9-33-24(18)21/h13-18,21-24H,5-12H2,1-4H3,(H,27,31)(H,28,32)/t15-,16-,17+,18+,21+,22+,23+,24+/m0/s1. The van der Waals surface area contributed by atoms with Crippen LogP contribution >= 0.6 is 0 Å². The molecule has 0 aromatic rings. The molecule has 0 aromatic carbocycles. The lowest BCUT2D eigenvalue weighted by molar-refractivity contribution is -0.155. The first-order valence-electron chi connectivity index (χ1n) is 13.9. The van der Waals surface area contributed by atoms with E-state index in [4.69, 9.17) is 37.9 Å². The first-order valence-corrected chi connectivity index (χ1v) is 13.9. The van der Waals surface area contributed by atoms with Crippen LogP contribution in [0.2, 0.25) is 0 Å². The summed E-state index contributed by atoms with van der Waals surface area (Å²) in [7, 11) is 0. The largest absolute Gasteiger partial charge is 0.457 e. The second-order valence-electron chi connectivity index (χ2n) is 10.8. The Morgan fingerprint density at radius 3 is 1.55 bits per heavy atom. The molecule has 14 heteroatoms. The fourth-order valence-electron chi connectivity index (χ4n) is 5.02. The van der Waals surface area contributed by atoms with Gasteiger partial charge in [-0.3, -0.25) is 14.4 Å². The molecule has 2 amide bonds. The van der Waals surface area contributed by atoms with E-state index in [1.165, 1.54) is 0 Å². The molecule has 226 valence electrons. The van der Waals surface area contributed by atoms with Gasteiger partial charge in [-0.25, -0.2) is 4.79 Å². The number of carbonyl (C=O) groups is 4. The van der Waals surface area contributed by atoms with E-state index in [0.717, 1.165) is 0 Å². The van der Waals surface area contributed by atoms with E-state index in [0.29, 0.717) is 6.61 Å². The Balaban J connectivity index is 1.10. The molecular formula is C26H40N2O12. The summed E-state index contributed by atoms with van der Waals surface area (Å²) in [5.74, 6) is -1.34. The lowest BCUT2D eigenvalue weighted by Crippen LogP contribution is -2.39. The van der Waals surface area contributed by atoms with Gasteiger partial charge in [0, 0.05) is 19.0 Å². The Bertz CT molecular complexity index is 914. The van der Waals surface area contributed by atoms with Crippen molar-refractivity contribution in [1.82, 2.24) is 10.6 Å². The first kappa shape index (κ1) is 30.4. The van der Waals surface area contributed by atoms with Crippen LogP contribution < -0.4 is 10.6 Å². The van der Waals surface area contributed by atoms with E-state index in [-0.39, 0.29) is 75.9 Å². The molecule has 4 aliphatic heterocycles. The quantitative estimate of drug-likeness (QED) is 0.235. The molecule has 0 spiro atoms. The van der Waals surface area contributed by atoms with Crippen LogP contribution in [0.4, 0.5) is 4.79 Å². The van der Waals surface area contributed by atoms with E-state index in [1.54, 1.807) is 13.8 Å². The Kier molecular flexibility index (Phi) is 10.6. The van der Waals surface area contributed by atoms with Crippen molar-refractivity contribution in [1.29, 1.82) is 0 Å². The number of alkyl carbamates (subject to hydrolysis) is 1. The maximum absolute atomic E-state index is 12.4. The Morgan fingerprint density at radius 1 is 0.650 bits per heavy atom. The number of esters is 2. The number of hydrogen-bond acceptors (Lipinski definition) is 12. The third kappa shape index (κ3) is 7.81. The molecule has 4 rings (SSSR count). The Labute approximate surface area is 232 Å². The number of amides is 2. The van der Waals surface area contributed by atoms with Crippen molar-refractivity contribution in [2.45, 2.75) is 95.5 Å². The number of hydrogen-bond donors (Lipinski definition) is 2. The minimum atomic E-state index is -0.685. The monoisotopic (exact) mass is 572 g/mol. The molecule has 40 heavy (non-hydrogen) atoms. The normalized spacial score (nSPS) is 32.5. The summed E-state index contributed by atoms with van der Waals surface area (Å²) >= 11 is 0. The minimum absolute atomic E-state index is 0.00932. The number of fused-ring (bicyclic) bond motifs is 2. The summed E-state index contributed by atoms with van der Waals surface area (Å²) in [5, 5.41) is 5.20. The van der Waals surface area contributed by atoms with Gasteiger partial charge in [-0.2, -0.15) is 0 Å². The predicted molar refractivity (Wildman–Crippen MR) is 134 cm³/mol. The highest BCUT2D eigenvalue weighted by Crippen LogP contribution is 2.32. The molecule has 14 nitrogen and oxygen atoms in total. The van der Waals surface area contributed by atoms with Crippen LogP contribution in [0.5, 0.6) is 0 Å². The second kappa shape index (κ2) is 13.9. The summed E-state index contributed by atoms with van der Waals surface area (Å²) in [4.78, 5) is 48.4. The van der Waals surface area contributed by atoms with Gasteiger partial charge in [-0.05, 0) is 13.8 Å². The predicted octanol–water partition coefficient (Wildman–Crippen LogP) is -0.154. The van der Waals surface area contributed by atoms with Crippen LogP contribution in [0, 0.1) is 5.92 Å². The van der Waals surface area contributed by atoms with Crippen molar-refractivity contribution in [3.8, 4) is 0 Å². The second-order valence-corrected chi connectivity index (χ2v) is 10.8. The van der Waals surface area contributed by atoms with Crippen molar-refractivity contribution in [2.24, 2.45) is 5.92 Å². The van der Waals surface area contributed by atoms with Gasteiger partial charge in [0.05, 0.1) is 45.4 Å². The van der Waals surface area contributed by atoms with Crippen LogP contribution in [0.25, 0.3) is 0 Å². The third-order valence-electron chi connectivity index (χ3n) is 6.95. The zero-order valence-electron chi connectivity index (χ0n) is 23.3. The van der Waals surface area contributed by atoms with Gasteiger partial charge < -0.3 is 48.5 Å². The molecule has 0 unspecified atom stereocenters. The van der Waals surface area contributed by atoms with Crippen LogP contribution in [-0.2, 0) is 52.3 Å². The molecular weight excluding hydrogens is 532 g/mol. The van der Waals surface area contributed by atoms with Crippen molar-refractivity contribution >= 4 is 23.9 Å². The molecule has 4 aliphatic rings. The van der Waals surface area contributed by atoms with Gasteiger partial charge in [0.2, 0.25) is 5.91 Å². The van der Waals surface area contributed by atoms with Gasteiger partial charge in [0.25, 0.3) is 0 Å². The van der Waals surface area contributed by atoms with Crippen LogP contribution in [-0.4, -0.2) is 118 Å². The Morgan fingerprint density at radius 2 is 1.07 bits per heavy atom. The highest BCUT2D eigenvalue weighted by Gasteiger charge is 2.52. The molecule has 8 atom stereocenters. The fraction of sp³-hybridized carbons (Fsp3) is 0.846. The topological polar surface area (TPSA) is 166 Å². The molecule has 0 aliphatic carbocycles. The maximum atomic E-state index is 12.4. The van der Waals surface area contributed by atoms with E-state index in [1.807, 2.05) is 13.8 Å². The summed E-state index contributed by atoms with van der Waals surface area (Å²) in [6.45, 7) is 8.37. The number of nitrogens with one attached hydrogen (secondary N) is 2. The van der Waals surface area contributed by atoms with Crippen molar-refractivity contribution in [2.75, 3.05) is 39.5 Å². The number of rotatable bonds is 12. The van der Waals surface area contributed by atoms with Crippen molar-refractivity contribution in [3.05, 3.63) is 0 Å². The smallest absolute Gasteiger partial charge is 0.407 e. The summed E-state index contributed by atoms with van der Waals surface area (Å²) in [6.07, 6.45) is -4.58. The van der Waals surface area contributed by atoms with Crippen LogP contribution in [0.1, 0.15) is 40.5 Å². The molecule has 0 bridgehead atoms. The van der Waals surface area contributed by atoms with E-state index < -0.39 is 54.7 Å². The highest BCUT2D eigenvalue weighted by molar-refractivity contribution is 5.78. The van der Waals surface area contributed by atoms with Crippen molar-refractivity contribution < 1.29 is 57.1 Å². The average Bonchev–Trinajstić information content (AvgIpc) is 3.65. The number of ether oxygens (including phenoxy) is 8. The van der Waals surface area contributed by atoms with Gasteiger partial charge in [-0.15, -0.1) is 0 Å². The summed E-state index contributed by atoms with van der Waals surface area (Å²) in [5.41, 5.74) is 0. The van der Waals surface area contributed by atoms with Crippen molar-refractivity contribution in [3.63, 3.8) is 0 Å². The van der Waals surface area contributed by atoms with E-state index in [2.05, 4.69) is 10.6 Å². The molecule has 4 fully saturated rings. The van der Waals surface area contributed by atoms with Crippen LogP contribution in [0.3, 0.4) is 0 Å². The van der Waals surface area contributed by atoms with E-state index >= 15 is 0 Å². The first-order chi connectivity index (χ1) is 19.1.